The van der Waals surface area contributed by atoms with Gasteiger partial charge in [0.15, 0.2) is 0 Å². The fourth-order valence-electron chi connectivity index (χ4n) is 2.76. The van der Waals surface area contributed by atoms with Crippen LogP contribution in [0.4, 0.5) is 0 Å². The Kier molecular flexibility index (Phi) is 7.06. The van der Waals surface area contributed by atoms with Gasteiger partial charge in [-0.2, -0.15) is 0 Å². The molecule has 1 aliphatic heterocycles. The molecule has 0 bridgehead atoms. The first-order chi connectivity index (χ1) is 12.0. The van der Waals surface area contributed by atoms with Crippen LogP contribution in [0.1, 0.15) is 32.6 Å². The van der Waals surface area contributed by atoms with Crippen molar-refractivity contribution >= 4 is 11.9 Å². The molecule has 1 unspecified atom stereocenters. The summed E-state index contributed by atoms with van der Waals surface area (Å²) in [6, 6.07) is 7.31. The number of benzene rings is 1. The maximum atomic E-state index is 12.1. The summed E-state index contributed by atoms with van der Waals surface area (Å²) in [4.78, 5) is 23.1. The van der Waals surface area contributed by atoms with Crippen molar-refractivity contribution in [2.75, 3.05) is 26.4 Å². The van der Waals surface area contributed by atoms with Gasteiger partial charge in [-0.3, -0.25) is 9.59 Å². The summed E-state index contributed by atoms with van der Waals surface area (Å²) >= 11 is 0. The average molecular weight is 351 g/mol. The lowest BCUT2D eigenvalue weighted by atomic mass is 9.94. The first-order valence-electron chi connectivity index (χ1n) is 8.49. The normalized spacial score (nSPS) is 19.4. The molecule has 1 atom stereocenters. The van der Waals surface area contributed by atoms with E-state index in [1.165, 1.54) is 0 Å². The number of carboxylic acids is 1. The van der Waals surface area contributed by atoms with Gasteiger partial charge in [-0.05, 0) is 44.0 Å². The highest BCUT2D eigenvalue weighted by molar-refractivity contribution is 5.78. The van der Waals surface area contributed by atoms with Crippen molar-refractivity contribution in [1.29, 1.82) is 0 Å². The molecule has 1 heterocycles. The summed E-state index contributed by atoms with van der Waals surface area (Å²) in [5, 5.41) is 11.8. The number of rotatable bonds is 10. The van der Waals surface area contributed by atoms with Crippen LogP contribution in [0.2, 0.25) is 0 Å². The maximum absolute atomic E-state index is 12.1. The molecule has 1 amide bonds. The lowest BCUT2D eigenvalue weighted by molar-refractivity contribution is -0.139. The maximum Gasteiger partial charge on any atom is 0.305 e. The fraction of sp³-hybridized carbons (Fsp3) is 0.556. The third-order valence-corrected chi connectivity index (χ3v) is 3.95. The molecule has 0 aromatic heterocycles. The molecule has 1 aromatic rings. The number of nitrogens with one attached hydrogen (secondary N) is 1. The quantitative estimate of drug-likeness (QED) is 0.626. The van der Waals surface area contributed by atoms with Gasteiger partial charge in [-0.1, -0.05) is 0 Å². The van der Waals surface area contributed by atoms with Crippen molar-refractivity contribution < 1.29 is 28.9 Å². The van der Waals surface area contributed by atoms with Crippen LogP contribution in [0.25, 0.3) is 0 Å². The topological polar surface area (TPSA) is 94.1 Å². The Labute approximate surface area is 147 Å². The molecule has 7 nitrogen and oxygen atoms in total. The largest absolute Gasteiger partial charge is 0.494 e. The minimum Gasteiger partial charge on any atom is -0.494 e. The number of carbonyl (C=O) groups is 2. The van der Waals surface area contributed by atoms with Crippen LogP contribution >= 0.6 is 0 Å². The highest BCUT2D eigenvalue weighted by Crippen LogP contribution is 2.23. The molecular formula is C18H25NO6. The van der Waals surface area contributed by atoms with E-state index in [1.54, 1.807) is 0 Å². The molecular weight excluding hydrogens is 326 g/mol. The Balaban J connectivity index is 1.70. The Morgan fingerprint density at radius 1 is 1.24 bits per heavy atom. The van der Waals surface area contributed by atoms with E-state index in [4.69, 9.17) is 19.3 Å². The van der Waals surface area contributed by atoms with Crippen LogP contribution in [-0.2, 0) is 14.3 Å². The standard InChI is InChI=1S/C18H25NO6/c1-2-24-14-5-7-15(8-6-14)25-10-3-4-16(20)19-18(12-17(21)22)9-11-23-13-18/h5-8H,2-4,9-13H2,1H3,(H,19,20)(H,21,22). The predicted octanol–water partition coefficient (Wildman–Crippen LogP) is 1.99. The van der Waals surface area contributed by atoms with Crippen molar-refractivity contribution in [3.05, 3.63) is 24.3 Å². The summed E-state index contributed by atoms with van der Waals surface area (Å²) in [6.07, 6.45) is 1.22. The third-order valence-electron chi connectivity index (χ3n) is 3.95. The molecule has 1 aliphatic rings. The molecule has 7 heteroatoms. The fourth-order valence-corrected chi connectivity index (χ4v) is 2.76. The van der Waals surface area contributed by atoms with E-state index < -0.39 is 11.5 Å². The number of carboxylic acid groups (broad SMARTS) is 1. The molecule has 0 radical (unpaired) electrons. The van der Waals surface area contributed by atoms with Crippen LogP contribution in [-0.4, -0.2) is 48.9 Å². The SMILES string of the molecule is CCOc1ccc(OCCCC(=O)NC2(CC(=O)O)CCOC2)cc1. The van der Waals surface area contributed by atoms with Gasteiger partial charge in [0.25, 0.3) is 0 Å². The molecule has 0 spiro atoms. The van der Waals surface area contributed by atoms with Crippen molar-refractivity contribution in [3.63, 3.8) is 0 Å². The molecule has 2 rings (SSSR count). The van der Waals surface area contributed by atoms with E-state index in [9.17, 15) is 9.59 Å². The second-order valence-corrected chi connectivity index (χ2v) is 6.06. The van der Waals surface area contributed by atoms with Gasteiger partial charge in [0.2, 0.25) is 5.91 Å². The number of amides is 1. The zero-order valence-electron chi connectivity index (χ0n) is 14.5. The molecule has 1 aromatic carbocycles. The van der Waals surface area contributed by atoms with Crippen molar-refractivity contribution in [2.24, 2.45) is 0 Å². The number of hydrogen-bond acceptors (Lipinski definition) is 5. The Bertz CT molecular complexity index is 565. The minimum atomic E-state index is -0.940. The van der Waals surface area contributed by atoms with E-state index >= 15 is 0 Å². The van der Waals surface area contributed by atoms with Crippen LogP contribution in [0.5, 0.6) is 11.5 Å². The summed E-state index contributed by atoms with van der Waals surface area (Å²) in [7, 11) is 0. The van der Waals surface area contributed by atoms with Crippen molar-refractivity contribution in [2.45, 2.75) is 38.1 Å². The zero-order valence-corrected chi connectivity index (χ0v) is 14.5. The Hall–Kier alpha value is -2.28. The number of aliphatic carboxylic acids is 1. The lowest BCUT2D eigenvalue weighted by Crippen LogP contribution is -2.50. The molecule has 138 valence electrons. The van der Waals surface area contributed by atoms with Gasteiger partial charge in [-0.15, -0.1) is 0 Å². The van der Waals surface area contributed by atoms with Crippen LogP contribution in [0, 0.1) is 0 Å². The molecule has 2 N–H and O–H groups in total. The summed E-state index contributed by atoms with van der Waals surface area (Å²) < 4.78 is 16.2. The van der Waals surface area contributed by atoms with E-state index in [1.807, 2.05) is 31.2 Å². The highest BCUT2D eigenvalue weighted by Gasteiger charge is 2.38. The van der Waals surface area contributed by atoms with Gasteiger partial charge in [-0.25, -0.2) is 0 Å². The van der Waals surface area contributed by atoms with Gasteiger partial charge in [0.05, 0.1) is 31.8 Å². The first kappa shape index (κ1) is 19.1. The van der Waals surface area contributed by atoms with Crippen molar-refractivity contribution in [3.8, 4) is 11.5 Å². The smallest absolute Gasteiger partial charge is 0.305 e. The van der Waals surface area contributed by atoms with E-state index in [0.717, 1.165) is 11.5 Å². The highest BCUT2D eigenvalue weighted by atomic mass is 16.5. The number of hydrogen-bond donors (Lipinski definition) is 2. The number of carbonyl (C=O) groups excluding carboxylic acids is 1. The van der Waals surface area contributed by atoms with Gasteiger partial charge in [0.1, 0.15) is 11.5 Å². The molecule has 1 fully saturated rings. The van der Waals surface area contributed by atoms with E-state index in [0.29, 0.717) is 32.7 Å². The second-order valence-electron chi connectivity index (χ2n) is 6.06. The molecule has 1 saturated heterocycles. The van der Waals surface area contributed by atoms with Crippen LogP contribution in [0.15, 0.2) is 24.3 Å². The third kappa shape index (κ3) is 6.26. The second kappa shape index (κ2) is 9.27. The number of ether oxygens (including phenoxy) is 3. The lowest BCUT2D eigenvalue weighted by Gasteiger charge is -2.27. The molecule has 0 saturated carbocycles. The minimum absolute atomic E-state index is 0.124. The molecule has 25 heavy (non-hydrogen) atoms. The average Bonchev–Trinajstić information content (AvgIpc) is 3.00. The Morgan fingerprint density at radius 2 is 1.92 bits per heavy atom. The zero-order chi connectivity index (χ0) is 18.1. The summed E-state index contributed by atoms with van der Waals surface area (Å²) in [5.74, 6) is 0.388. The van der Waals surface area contributed by atoms with E-state index in [2.05, 4.69) is 5.32 Å². The summed E-state index contributed by atoms with van der Waals surface area (Å²) in [6.45, 7) is 3.66. The monoisotopic (exact) mass is 351 g/mol. The van der Waals surface area contributed by atoms with Gasteiger partial charge in [0, 0.05) is 13.0 Å². The van der Waals surface area contributed by atoms with Crippen molar-refractivity contribution in [1.82, 2.24) is 5.32 Å². The molecule has 0 aliphatic carbocycles. The Morgan fingerprint density at radius 3 is 2.48 bits per heavy atom. The first-order valence-corrected chi connectivity index (χ1v) is 8.49. The van der Waals surface area contributed by atoms with Crippen LogP contribution in [0.3, 0.4) is 0 Å². The predicted molar refractivity (Wildman–Crippen MR) is 90.9 cm³/mol. The summed E-state index contributed by atoms with van der Waals surface area (Å²) in [5.41, 5.74) is -0.779. The van der Waals surface area contributed by atoms with Gasteiger partial charge < -0.3 is 24.6 Å². The van der Waals surface area contributed by atoms with E-state index in [-0.39, 0.29) is 25.4 Å². The van der Waals surface area contributed by atoms with Gasteiger partial charge >= 0.3 is 5.97 Å². The van der Waals surface area contributed by atoms with Crippen LogP contribution < -0.4 is 14.8 Å².